The number of hydrogen-bond donors (Lipinski definition) is 2. The van der Waals surface area contributed by atoms with E-state index in [2.05, 4.69) is 16.1 Å². The molecule has 0 radical (unpaired) electrons. The summed E-state index contributed by atoms with van der Waals surface area (Å²) in [6.45, 7) is 0. The highest BCUT2D eigenvalue weighted by atomic mass is 16.3. The molecule has 6 rings (SSSR count). The minimum Gasteiger partial charge on any atom is -0.388 e. The standard InChI is InChI=1S/C23H19N7O/c24-21-16(3-1-10-25-21)22-27-18-7-9-20(29-12-2-11-26-29)28-23(18)30(22)15-6-4-14-5-8-19(31)17(14)13-15/h1-4,6-7,9-13,19,31H,5,8H2,(H2,24,25). The van der Waals surface area contributed by atoms with E-state index in [1.807, 2.05) is 53.2 Å². The first-order chi connectivity index (χ1) is 15.2. The second-order valence-corrected chi connectivity index (χ2v) is 7.61. The second kappa shape index (κ2) is 6.75. The van der Waals surface area contributed by atoms with Gasteiger partial charge in [-0.25, -0.2) is 19.6 Å². The number of anilines is 1. The number of aliphatic hydroxyl groups excluding tert-OH is 1. The number of fused-ring (bicyclic) bond motifs is 2. The first-order valence-corrected chi connectivity index (χ1v) is 10.1. The van der Waals surface area contributed by atoms with Gasteiger partial charge in [-0.3, -0.25) is 4.57 Å². The van der Waals surface area contributed by atoms with Crippen LogP contribution in [0.3, 0.4) is 0 Å². The molecule has 0 saturated carbocycles. The van der Waals surface area contributed by atoms with E-state index < -0.39 is 6.10 Å². The fourth-order valence-electron chi connectivity index (χ4n) is 4.22. The Kier molecular flexibility index (Phi) is 3.87. The molecule has 0 aliphatic heterocycles. The largest absolute Gasteiger partial charge is 0.388 e. The Morgan fingerprint density at radius 2 is 1.97 bits per heavy atom. The van der Waals surface area contributed by atoms with E-state index in [1.54, 1.807) is 17.1 Å². The summed E-state index contributed by atoms with van der Waals surface area (Å²) in [4.78, 5) is 13.9. The van der Waals surface area contributed by atoms with Gasteiger partial charge in [-0.05, 0) is 66.4 Å². The van der Waals surface area contributed by atoms with E-state index in [9.17, 15) is 5.11 Å². The molecular formula is C23H19N7O. The number of aliphatic hydroxyl groups is 1. The lowest BCUT2D eigenvalue weighted by atomic mass is 10.1. The molecule has 8 nitrogen and oxygen atoms in total. The summed E-state index contributed by atoms with van der Waals surface area (Å²) in [7, 11) is 0. The number of hydrogen-bond acceptors (Lipinski definition) is 6. The van der Waals surface area contributed by atoms with Crippen molar-refractivity contribution in [3.05, 3.63) is 78.2 Å². The van der Waals surface area contributed by atoms with Crippen LogP contribution in [0.15, 0.2) is 67.1 Å². The van der Waals surface area contributed by atoms with E-state index in [0.29, 0.717) is 23.1 Å². The van der Waals surface area contributed by atoms with Crippen LogP contribution in [-0.4, -0.2) is 34.4 Å². The van der Waals surface area contributed by atoms with E-state index in [4.69, 9.17) is 15.7 Å². The molecule has 0 bridgehead atoms. The van der Waals surface area contributed by atoms with Gasteiger partial charge in [-0.1, -0.05) is 6.07 Å². The van der Waals surface area contributed by atoms with Crippen LogP contribution < -0.4 is 5.73 Å². The Labute approximate surface area is 177 Å². The molecule has 0 amide bonds. The van der Waals surface area contributed by atoms with Crippen LogP contribution in [0.4, 0.5) is 5.82 Å². The van der Waals surface area contributed by atoms with Crippen LogP contribution in [0.5, 0.6) is 0 Å². The van der Waals surface area contributed by atoms with Gasteiger partial charge in [0.25, 0.3) is 0 Å². The van der Waals surface area contributed by atoms with Crippen LogP contribution in [0, 0.1) is 0 Å². The van der Waals surface area contributed by atoms with Crippen LogP contribution in [-0.2, 0) is 6.42 Å². The fraction of sp³-hybridized carbons (Fsp3) is 0.130. The van der Waals surface area contributed by atoms with Gasteiger partial charge < -0.3 is 10.8 Å². The quantitative estimate of drug-likeness (QED) is 0.474. The van der Waals surface area contributed by atoms with Crippen LogP contribution in [0.1, 0.15) is 23.7 Å². The maximum atomic E-state index is 10.4. The van der Waals surface area contributed by atoms with E-state index in [1.165, 1.54) is 5.56 Å². The summed E-state index contributed by atoms with van der Waals surface area (Å²) < 4.78 is 3.68. The van der Waals surface area contributed by atoms with Crippen molar-refractivity contribution in [2.75, 3.05) is 5.73 Å². The van der Waals surface area contributed by atoms with Crippen LogP contribution in [0.2, 0.25) is 0 Å². The molecule has 1 atom stereocenters. The van der Waals surface area contributed by atoms with Gasteiger partial charge in [0.2, 0.25) is 0 Å². The summed E-state index contributed by atoms with van der Waals surface area (Å²) in [5.74, 6) is 1.73. The molecule has 0 saturated heterocycles. The highest BCUT2D eigenvalue weighted by Gasteiger charge is 2.23. The van der Waals surface area contributed by atoms with Gasteiger partial charge in [0.15, 0.2) is 17.3 Å². The zero-order valence-electron chi connectivity index (χ0n) is 16.6. The number of nitrogens with two attached hydrogens (primary N) is 1. The molecule has 4 aromatic heterocycles. The fourth-order valence-corrected chi connectivity index (χ4v) is 4.22. The minimum atomic E-state index is -0.454. The Morgan fingerprint density at radius 3 is 2.81 bits per heavy atom. The number of aromatic nitrogens is 6. The smallest absolute Gasteiger partial charge is 0.167 e. The number of nitrogen functional groups attached to an aromatic ring is 1. The van der Waals surface area contributed by atoms with Crippen molar-refractivity contribution in [3.8, 4) is 22.9 Å². The van der Waals surface area contributed by atoms with E-state index in [0.717, 1.165) is 35.2 Å². The Morgan fingerprint density at radius 1 is 1.03 bits per heavy atom. The number of rotatable bonds is 3. The first kappa shape index (κ1) is 17.8. The molecule has 5 aromatic rings. The Hall–Kier alpha value is -4.04. The third kappa shape index (κ3) is 2.80. The molecular weight excluding hydrogens is 390 g/mol. The summed E-state index contributed by atoms with van der Waals surface area (Å²) in [5, 5.41) is 14.7. The van der Waals surface area contributed by atoms with E-state index in [-0.39, 0.29) is 0 Å². The van der Waals surface area contributed by atoms with Crippen molar-refractivity contribution in [1.82, 2.24) is 29.3 Å². The van der Waals surface area contributed by atoms with Gasteiger partial charge in [0.05, 0.1) is 11.7 Å². The number of imidazole rings is 1. The average Bonchev–Trinajstić information content (AvgIpc) is 3.52. The molecule has 1 aliphatic rings. The van der Waals surface area contributed by atoms with Gasteiger partial charge in [-0.2, -0.15) is 5.10 Å². The molecule has 152 valence electrons. The van der Waals surface area contributed by atoms with Gasteiger partial charge >= 0.3 is 0 Å². The predicted octanol–water partition coefficient (Wildman–Crippen LogP) is 3.23. The van der Waals surface area contributed by atoms with Gasteiger partial charge in [0, 0.05) is 24.3 Å². The van der Waals surface area contributed by atoms with Crippen LogP contribution in [0.25, 0.3) is 34.1 Å². The highest BCUT2D eigenvalue weighted by Crippen LogP contribution is 2.35. The molecule has 0 spiro atoms. The maximum Gasteiger partial charge on any atom is 0.167 e. The molecule has 31 heavy (non-hydrogen) atoms. The van der Waals surface area contributed by atoms with Crippen molar-refractivity contribution in [2.24, 2.45) is 0 Å². The minimum absolute atomic E-state index is 0.396. The third-order valence-electron chi connectivity index (χ3n) is 5.74. The molecule has 4 heterocycles. The zero-order chi connectivity index (χ0) is 20.9. The summed E-state index contributed by atoms with van der Waals surface area (Å²) in [6.07, 6.45) is 6.39. The van der Waals surface area contributed by atoms with Gasteiger partial charge in [-0.15, -0.1) is 0 Å². The van der Waals surface area contributed by atoms with Crippen LogP contribution >= 0.6 is 0 Å². The maximum absolute atomic E-state index is 10.4. The van der Waals surface area contributed by atoms with E-state index >= 15 is 0 Å². The SMILES string of the molecule is Nc1ncccc1-c1nc2ccc(-n3cccn3)nc2n1-c1ccc2c(c1)C(O)CC2. The average molecular weight is 409 g/mol. The molecule has 1 aliphatic carbocycles. The monoisotopic (exact) mass is 409 g/mol. The Bertz CT molecular complexity index is 1420. The third-order valence-corrected chi connectivity index (χ3v) is 5.74. The van der Waals surface area contributed by atoms with Crippen molar-refractivity contribution in [2.45, 2.75) is 18.9 Å². The number of nitrogens with zero attached hydrogens (tertiary/aromatic N) is 6. The second-order valence-electron chi connectivity index (χ2n) is 7.61. The Balaban J connectivity index is 1.65. The molecule has 8 heteroatoms. The summed E-state index contributed by atoms with van der Waals surface area (Å²) in [5.41, 5.74) is 11.3. The topological polar surface area (TPSA) is 108 Å². The van der Waals surface area contributed by atoms with Crippen molar-refractivity contribution in [3.63, 3.8) is 0 Å². The lowest BCUT2D eigenvalue weighted by molar-refractivity contribution is 0.180. The highest BCUT2D eigenvalue weighted by molar-refractivity contribution is 5.83. The summed E-state index contributed by atoms with van der Waals surface area (Å²) in [6, 6.07) is 15.5. The van der Waals surface area contributed by atoms with Crippen molar-refractivity contribution >= 4 is 17.0 Å². The van der Waals surface area contributed by atoms with Crippen molar-refractivity contribution in [1.29, 1.82) is 0 Å². The molecule has 0 fully saturated rings. The molecule has 1 unspecified atom stereocenters. The normalized spacial score (nSPS) is 15.5. The zero-order valence-corrected chi connectivity index (χ0v) is 16.6. The lowest BCUT2D eigenvalue weighted by Gasteiger charge is -2.13. The number of aryl methyl sites for hydroxylation is 1. The first-order valence-electron chi connectivity index (χ1n) is 10.1. The molecule has 3 N–H and O–H groups in total. The van der Waals surface area contributed by atoms with Gasteiger partial charge in [0.1, 0.15) is 11.3 Å². The van der Waals surface area contributed by atoms with Crippen molar-refractivity contribution < 1.29 is 5.11 Å². The predicted molar refractivity (Wildman–Crippen MR) is 117 cm³/mol. The summed E-state index contributed by atoms with van der Waals surface area (Å²) >= 11 is 0. The number of benzene rings is 1. The lowest BCUT2D eigenvalue weighted by Crippen LogP contribution is -2.04. The molecule has 1 aromatic carbocycles. The number of pyridine rings is 2.